The first-order chi connectivity index (χ1) is 12.9. The van der Waals surface area contributed by atoms with Crippen LogP contribution in [0.4, 0.5) is 18.9 Å². The summed E-state index contributed by atoms with van der Waals surface area (Å²) in [7, 11) is -3.55. The Balaban J connectivity index is 2.36. The van der Waals surface area contributed by atoms with Crippen LogP contribution in [-0.2, 0) is 16.0 Å². The molecule has 0 bridgehead atoms. The number of carbonyl (C=O) groups is 1. The van der Waals surface area contributed by atoms with E-state index in [-0.39, 0.29) is 21.4 Å². The third-order valence-corrected chi connectivity index (χ3v) is 6.35. The van der Waals surface area contributed by atoms with Gasteiger partial charge in [-0.3, -0.25) is 4.79 Å². The van der Waals surface area contributed by atoms with Gasteiger partial charge in [0, 0.05) is 22.0 Å². The van der Waals surface area contributed by atoms with Crippen LogP contribution >= 0.6 is 11.8 Å². The summed E-state index contributed by atoms with van der Waals surface area (Å²) in [5, 5.41) is 2.40. The van der Waals surface area contributed by atoms with Gasteiger partial charge >= 0.3 is 6.18 Å². The fourth-order valence-electron chi connectivity index (χ4n) is 2.32. The lowest BCUT2D eigenvalue weighted by atomic mass is 10.1. The van der Waals surface area contributed by atoms with E-state index in [9.17, 15) is 26.4 Å². The van der Waals surface area contributed by atoms with Gasteiger partial charge in [-0.15, -0.1) is 11.8 Å². The van der Waals surface area contributed by atoms with Crippen LogP contribution in [0, 0.1) is 0 Å². The van der Waals surface area contributed by atoms with Gasteiger partial charge in [0.15, 0.2) is 9.84 Å². The maximum absolute atomic E-state index is 13.5. The van der Waals surface area contributed by atoms with Crippen LogP contribution in [0.2, 0.25) is 0 Å². The minimum Gasteiger partial charge on any atom is -0.321 e. The van der Waals surface area contributed by atoms with E-state index in [1.165, 1.54) is 42.1 Å². The largest absolute Gasteiger partial charge is 0.418 e. The van der Waals surface area contributed by atoms with Crippen molar-refractivity contribution in [3.05, 3.63) is 53.6 Å². The van der Waals surface area contributed by atoms with E-state index in [0.717, 1.165) is 24.8 Å². The van der Waals surface area contributed by atoms with Crippen molar-refractivity contribution in [3.63, 3.8) is 0 Å². The maximum atomic E-state index is 13.5. The lowest BCUT2D eigenvalue weighted by Gasteiger charge is -2.16. The number of hydrogen-bond donors (Lipinski definition) is 1. The smallest absolute Gasteiger partial charge is 0.321 e. The van der Waals surface area contributed by atoms with Crippen molar-refractivity contribution in [2.45, 2.75) is 41.5 Å². The van der Waals surface area contributed by atoms with Crippen molar-refractivity contribution < 1.29 is 26.4 Å². The van der Waals surface area contributed by atoms with Gasteiger partial charge in [0.2, 0.25) is 0 Å². The Labute approximate surface area is 166 Å². The Kier molecular flexibility index (Phi) is 6.82. The predicted octanol–water partition coefficient (Wildman–Crippen LogP) is 5.25. The Morgan fingerprint density at radius 3 is 2.43 bits per heavy atom. The molecule has 2 aromatic carbocycles. The molecule has 0 spiro atoms. The monoisotopic (exact) mass is 431 g/mol. The summed E-state index contributed by atoms with van der Waals surface area (Å²) < 4.78 is 63.7. The van der Waals surface area contributed by atoms with Gasteiger partial charge in [-0.1, -0.05) is 19.9 Å². The average Bonchev–Trinajstić information content (AvgIpc) is 2.61. The van der Waals surface area contributed by atoms with E-state index in [1.807, 2.05) is 13.8 Å². The minimum absolute atomic E-state index is 0.0471. The Bertz CT molecular complexity index is 973. The van der Waals surface area contributed by atoms with Crippen molar-refractivity contribution in [2.75, 3.05) is 11.6 Å². The number of anilines is 1. The molecule has 0 aliphatic rings. The molecule has 0 aromatic heterocycles. The Hall–Kier alpha value is -2.00. The second-order valence-electron chi connectivity index (χ2n) is 6.30. The van der Waals surface area contributed by atoms with Crippen LogP contribution in [0.15, 0.2) is 52.3 Å². The molecule has 1 unspecified atom stereocenters. The molecule has 1 atom stereocenters. The number of alkyl halides is 3. The first kappa shape index (κ1) is 22.3. The molecule has 0 heterocycles. The van der Waals surface area contributed by atoms with Gasteiger partial charge in [-0.05, 0) is 42.8 Å². The summed E-state index contributed by atoms with van der Waals surface area (Å²) >= 11 is 1.32. The number of thioether (sulfide) groups is 1. The summed E-state index contributed by atoms with van der Waals surface area (Å²) in [4.78, 5) is 12.8. The average molecular weight is 432 g/mol. The number of halogens is 3. The molecule has 1 amide bonds. The quantitative estimate of drug-likeness (QED) is 0.635. The van der Waals surface area contributed by atoms with Crippen LogP contribution in [0.25, 0.3) is 0 Å². The number of sulfone groups is 1. The van der Waals surface area contributed by atoms with E-state index in [2.05, 4.69) is 5.32 Å². The molecule has 2 aromatic rings. The molecule has 1 N–H and O–H groups in total. The molecule has 0 fully saturated rings. The summed E-state index contributed by atoms with van der Waals surface area (Å²) in [5.74, 6) is -0.821. The number of benzene rings is 2. The van der Waals surface area contributed by atoms with Crippen LogP contribution in [-0.4, -0.2) is 25.8 Å². The van der Waals surface area contributed by atoms with Crippen LogP contribution < -0.4 is 5.32 Å². The van der Waals surface area contributed by atoms with Crippen LogP contribution in [0.5, 0.6) is 0 Å². The predicted molar refractivity (Wildman–Crippen MR) is 105 cm³/mol. The lowest BCUT2D eigenvalue weighted by Crippen LogP contribution is -2.17. The normalized spacial score (nSPS) is 13.2. The maximum Gasteiger partial charge on any atom is 0.418 e. The fourth-order valence-corrected chi connectivity index (χ4v) is 3.95. The van der Waals surface area contributed by atoms with Crippen molar-refractivity contribution in [2.24, 2.45) is 0 Å². The number of nitrogens with one attached hydrogen (secondary N) is 1. The zero-order chi connectivity index (χ0) is 21.1. The molecule has 0 saturated carbocycles. The van der Waals surface area contributed by atoms with Crippen LogP contribution in [0.1, 0.15) is 36.2 Å². The summed E-state index contributed by atoms with van der Waals surface area (Å²) in [5.41, 5.74) is -1.38. The van der Waals surface area contributed by atoms with Crippen molar-refractivity contribution in [1.29, 1.82) is 0 Å². The zero-order valence-corrected chi connectivity index (χ0v) is 17.1. The molecular weight excluding hydrogens is 411 g/mol. The lowest BCUT2D eigenvalue weighted by molar-refractivity contribution is -0.137. The van der Waals surface area contributed by atoms with Crippen molar-refractivity contribution >= 4 is 33.2 Å². The molecule has 0 aliphatic carbocycles. The molecule has 4 nitrogen and oxygen atoms in total. The van der Waals surface area contributed by atoms with E-state index >= 15 is 0 Å². The Morgan fingerprint density at radius 1 is 1.18 bits per heavy atom. The summed E-state index contributed by atoms with van der Waals surface area (Å²) in [6.45, 7) is 3.87. The molecule has 0 aliphatic heterocycles. The molecule has 0 radical (unpaired) electrons. The molecule has 2 rings (SSSR count). The molecular formula is C19H20F3NO3S2. The summed E-state index contributed by atoms with van der Waals surface area (Å²) in [6, 6.07) is 8.89. The third-order valence-electron chi connectivity index (χ3n) is 3.98. The third kappa shape index (κ3) is 5.75. The number of amides is 1. The second-order valence-corrected chi connectivity index (χ2v) is 9.82. The van der Waals surface area contributed by atoms with Gasteiger partial charge < -0.3 is 5.32 Å². The number of hydrogen-bond acceptors (Lipinski definition) is 4. The van der Waals surface area contributed by atoms with E-state index in [4.69, 9.17) is 0 Å². The summed E-state index contributed by atoms with van der Waals surface area (Å²) in [6.07, 6.45) is -2.86. The first-order valence-electron chi connectivity index (χ1n) is 8.41. The van der Waals surface area contributed by atoms with Gasteiger partial charge in [-0.25, -0.2) is 8.42 Å². The standard InChI is InChI=1S/C19H20F3NO3S2/c1-4-12(2)27-14-8-9-17(16(11-14)19(20,21)22)23-18(24)13-6-5-7-15(10-13)28(3,25)26/h5-12H,4H2,1-3H3,(H,23,24). The second kappa shape index (κ2) is 8.57. The van der Waals surface area contributed by atoms with E-state index in [1.54, 1.807) is 0 Å². The highest BCUT2D eigenvalue weighted by Crippen LogP contribution is 2.38. The number of carbonyl (C=O) groups excluding carboxylic acids is 1. The van der Waals surface area contributed by atoms with Crippen LogP contribution in [0.3, 0.4) is 0 Å². The highest BCUT2D eigenvalue weighted by Gasteiger charge is 2.34. The first-order valence-corrected chi connectivity index (χ1v) is 11.2. The van der Waals surface area contributed by atoms with E-state index < -0.39 is 27.5 Å². The van der Waals surface area contributed by atoms with Crippen molar-refractivity contribution in [1.82, 2.24) is 0 Å². The number of rotatable bonds is 6. The molecule has 9 heteroatoms. The SMILES string of the molecule is CCC(C)Sc1ccc(NC(=O)c2cccc(S(C)(=O)=O)c2)c(C(F)(F)F)c1. The van der Waals surface area contributed by atoms with Gasteiger partial charge in [0.05, 0.1) is 16.1 Å². The molecule has 28 heavy (non-hydrogen) atoms. The zero-order valence-electron chi connectivity index (χ0n) is 15.5. The van der Waals surface area contributed by atoms with Gasteiger partial charge in [0.25, 0.3) is 5.91 Å². The topological polar surface area (TPSA) is 63.2 Å². The Morgan fingerprint density at radius 2 is 1.86 bits per heavy atom. The van der Waals surface area contributed by atoms with Crippen molar-refractivity contribution in [3.8, 4) is 0 Å². The molecule has 152 valence electrons. The van der Waals surface area contributed by atoms with Gasteiger partial charge in [-0.2, -0.15) is 13.2 Å². The molecule has 0 saturated heterocycles. The highest BCUT2D eigenvalue weighted by atomic mass is 32.2. The fraction of sp³-hybridized carbons (Fsp3) is 0.316. The minimum atomic E-state index is -4.65. The van der Waals surface area contributed by atoms with Gasteiger partial charge in [0.1, 0.15) is 0 Å². The van der Waals surface area contributed by atoms with E-state index in [0.29, 0.717) is 4.90 Å². The highest BCUT2D eigenvalue weighted by molar-refractivity contribution is 8.00.